The van der Waals surface area contributed by atoms with Crippen LogP contribution in [0, 0.1) is 13.8 Å². The zero-order valence-corrected chi connectivity index (χ0v) is 16.3. The molecule has 3 rings (SSSR count). The van der Waals surface area contributed by atoms with Crippen molar-refractivity contribution in [3.63, 3.8) is 0 Å². The zero-order valence-electron chi connectivity index (χ0n) is 15.5. The van der Waals surface area contributed by atoms with Crippen LogP contribution < -0.4 is 4.74 Å². The summed E-state index contributed by atoms with van der Waals surface area (Å²) in [6, 6.07) is 12.6. The number of hydrogen-bond donors (Lipinski definition) is 0. The van der Waals surface area contributed by atoms with Gasteiger partial charge in [-0.1, -0.05) is 12.1 Å². The van der Waals surface area contributed by atoms with Gasteiger partial charge < -0.3 is 14.0 Å². The molecule has 0 radical (unpaired) electrons. The standard InChI is InChI=1S/C21H21NO4S/c1-14-10-19(15(2)22(14)12-18-8-5-9-27-18)20(23)13-26-21(24)16-6-4-7-17(11-16)25-3/h4-11H,12-13H2,1-3H3. The Kier molecular flexibility index (Phi) is 5.76. The SMILES string of the molecule is COc1cccc(C(=O)OCC(=O)c2cc(C)n(Cc3cccs3)c2C)c1. The predicted octanol–water partition coefficient (Wildman–Crippen LogP) is 4.26. The van der Waals surface area contributed by atoms with Gasteiger partial charge in [-0.25, -0.2) is 4.79 Å². The van der Waals surface area contributed by atoms with E-state index in [-0.39, 0.29) is 12.4 Å². The second kappa shape index (κ2) is 8.22. The van der Waals surface area contributed by atoms with E-state index in [0.717, 1.165) is 17.9 Å². The topological polar surface area (TPSA) is 57.5 Å². The lowest BCUT2D eigenvalue weighted by Crippen LogP contribution is -2.15. The minimum atomic E-state index is -0.547. The summed E-state index contributed by atoms with van der Waals surface area (Å²) in [6.07, 6.45) is 0. The number of Topliss-reactive ketones (excluding diaryl/α,β-unsaturated/α-hetero) is 1. The number of methoxy groups -OCH3 is 1. The fourth-order valence-electron chi connectivity index (χ4n) is 2.93. The maximum absolute atomic E-state index is 12.6. The van der Waals surface area contributed by atoms with Crippen LogP contribution in [0.5, 0.6) is 5.75 Å². The number of ether oxygens (including phenoxy) is 2. The van der Waals surface area contributed by atoms with E-state index in [9.17, 15) is 9.59 Å². The van der Waals surface area contributed by atoms with E-state index in [4.69, 9.17) is 9.47 Å². The molecular weight excluding hydrogens is 362 g/mol. The smallest absolute Gasteiger partial charge is 0.338 e. The monoisotopic (exact) mass is 383 g/mol. The third-order valence-electron chi connectivity index (χ3n) is 4.41. The first-order valence-corrected chi connectivity index (χ1v) is 9.41. The van der Waals surface area contributed by atoms with Crippen molar-refractivity contribution in [2.24, 2.45) is 0 Å². The Bertz CT molecular complexity index is 957. The van der Waals surface area contributed by atoms with Crippen LogP contribution in [0.4, 0.5) is 0 Å². The van der Waals surface area contributed by atoms with Crippen molar-refractivity contribution < 1.29 is 19.1 Å². The van der Waals surface area contributed by atoms with Crippen molar-refractivity contribution in [2.75, 3.05) is 13.7 Å². The summed E-state index contributed by atoms with van der Waals surface area (Å²) in [4.78, 5) is 26.0. The van der Waals surface area contributed by atoms with Crippen LogP contribution in [0.3, 0.4) is 0 Å². The molecule has 140 valence electrons. The Morgan fingerprint density at radius 2 is 1.93 bits per heavy atom. The summed E-state index contributed by atoms with van der Waals surface area (Å²) in [5.74, 6) is -0.195. The Morgan fingerprint density at radius 1 is 1.11 bits per heavy atom. The van der Waals surface area contributed by atoms with Crippen LogP contribution in [0.1, 0.15) is 37.0 Å². The number of hydrogen-bond acceptors (Lipinski definition) is 5. The van der Waals surface area contributed by atoms with Crippen molar-refractivity contribution in [3.8, 4) is 5.75 Å². The van der Waals surface area contributed by atoms with E-state index in [0.29, 0.717) is 16.9 Å². The maximum Gasteiger partial charge on any atom is 0.338 e. The number of esters is 1. The quantitative estimate of drug-likeness (QED) is 0.452. The third-order valence-corrected chi connectivity index (χ3v) is 5.27. The molecule has 0 spiro atoms. The lowest BCUT2D eigenvalue weighted by Gasteiger charge is -2.09. The fourth-order valence-corrected chi connectivity index (χ4v) is 3.62. The van der Waals surface area contributed by atoms with E-state index in [1.165, 1.54) is 12.0 Å². The fraction of sp³-hybridized carbons (Fsp3) is 0.238. The molecule has 0 fully saturated rings. The Labute approximate surface area is 162 Å². The maximum atomic E-state index is 12.6. The van der Waals surface area contributed by atoms with Crippen molar-refractivity contribution in [1.29, 1.82) is 0 Å². The Hall–Kier alpha value is -2.86. The van der Waals surface area contributed by atoms with Crippen molar-refractivity contribution in [3.05, 3.63) is 75.2 Å². The van der Waals surface area contributed by atoms with Gasteiger partial charge in [-0.3, -0.25) is 4.79 Å². The normalized spacial score (nSPS) is 10.6. The van der Waals surface area contributed by atoms with Gasteiger partial charge in [0.1, 0.15) is 5.75 Å². The first kappa shape index (κ1) is 18.9. The molecule has 0 aliphatic carbocycles. The van der Waals surface area contributed by atoms with Gasteiger partial charge in [0.2, 0.25) is 5.78 Å². The summed E-state index contributed by atoms with van der Waals surface area (Å²) in [7, 11) is 1.53. The van der Waals surface area contributed by atoms with Crippen LogP contribution in [0.25, 0.3) is 0 Å². The number of carbonyl (C=O) groups is 2. The van der Waals surface area contributed by atoms with Gasteiger partial charge in [0.05, 0.1) is 19.2 Å². The van der Waals surface area contributed by atoms with Crippen LogP contribution in [-0.2, 0) is 11.3 Å². The number of ketones is 1. The second-order valence-corrected chi connectivity index (χ2v) is 7.21. The molecule has 0 aliphatic heterocycles. The largest absolute Gasteiger partial charge is 0.497 e. The number of aromatic nitrogens is 1. The van der Waals surface area contributed by atoms with Crippen LogP contribution in [-0.4, -0.2) is 30.0 Å². The summed E-state index contributed by atoms with van der Waals surface area (Å²) < 4.78 is 12.4. The van der Waals surface area contributed by atoms with E-state index in [2.05, 4.69) is 10.6 Å². The Morgan fingerprint density at radius 3 is 2.63 bits per heavy atom. The van der Waals surface area contributed by atoms with Gasteiger partial charge in [-0.05, 0) is 49.6 Å². The second-order valence-electron chi connectivity index (χ2n) is 6.18. The highest BCUT2D eigenvalue weighted by Crippen LogP contribution is 2.20. The highest BCUT2D eigenvalue weighted by atomic mass is 32.1. The molecule has 3 aromatic rings. The average Bonchev–Trinajstić information content (AvgIpc) is 3.29. The lowest BCUT2D eigenvalue weighted by molar-refractivity contribution is 0.0474. The van der Waals surface area contributed by atoms with Gasteiger partial charge in [0.15, 0.2) is 6.61 Å². The van der Waals surface area contributed by atoms with Gasteiger partial charge >= 0.3 is 5.97 Å². The molecule has 0 atom stereocenters. The van der Waals surface area contributed by atoms with Crippen molar-refractivity contribution in [1.82, 2.24) is 4.57 Å². The molecule has 0 saturated carbocycles. The van der Waals surface area contributed by atoms with E-state index in [1.807, 2.05) is 31.4 Å². The molecule has 2 aromatic heterocycles. The minimum Gasteiger partial charge on any atom is -0.497 e. The summed E-state index contributed by atoms with van der Waals surface area (Å²) >= 11 is 1.68. The van der Waals surface area contributed by atoms with Crippen molar-refractivity contribution in [2.45, 2.75) is 20.4 Å². The highest BCUT2D eigenvalue weighted by molar-refractivity contribution is 7.09. The molecule has 0 N–H and O–H groups in total. The predicted molar refractivity (Wildman–Crippen MR) is 105 cm³/mol. The first-order valence-electron chi connectivity index (χ1n) is 8.53. The molecule has 1 aromatic carbocycles. The number of carbonyl (C=O) groups excluding carboxylic acids is 2. The lowest BCUT2D eigenvalue weighted by atomic mass is 10.1. The van der Waals surface area contributed by atoms with Gasteiger partial charge in [0.25, 0.3) is 0 Å². The van der Waals surface area contributed by atoms with Crippen molar-refractivity contribution >= 4 is 23.1 Å². The number of nitrogens with zero attached hydrogens (tertiary/aromatic N) is 1. The Balaban J connectivity index is 1.68. The number of benzene rings is 1. The van der Waals surface area contributed by atoms with Gasteiger partial charge in [-0.2, -0.15) is 0 Å². The molecule has 0 aliphatic rings. The molecule has 0 saturated heterocycles. The zero-order chi connectivity index (χ0) is 19.4. The molecule has 5 nitrogen and oxygen atoms in total. The summed E-state index contributed by atoms with van der Waals surface area (Å²) in [6.45, 7) is 4.32. The molecule has 2 heterocycles. The molecule has 6 heteroatoms. The third kappa shape index (κ3) is 4.28. The average molecular weight is 383 g/mol. The number of aryl methyl sites for hydroxylation is 1. The highest BCUT2D eigenvalue weighted by Gasteiger charge is 2.18. The first-order chi connectivity index (χ1) is 13.0. The number of thiophene rings is 1. The van der Waals surface area contributed by atoms with Gasteiger partial charge in [-0.15, -0.1) is 11.3 Å². The summed E-state index contributed by atoms with van der Waals surface area (Å²) in [5, 5.41) is 2.04. The summed E-state index contributed by atoms with van der Waals surface area (Å²) in [5.41, 5.74) is 2.82. The van der Waals surface area contributed by atoms with E-state index >= 15 is 0 Å². The van der Waals surface area contributed by atoms with E-state index in [1.54, 1.807) is 35.6 Å². The molecule has 0 amide bonds. The van der Waals surface area contributed by atoms with Crippen LogP contribution in [0.2, 0.25) is 0 Å². The van der Waals surface area contributed by atoms with Crippen LogP contribution in [0.15, 0.2) is 47.8 Å². The molecule has 0 unspecified atom stereocenters. The minimum absolute atomic E-state index is 0.211. The molecule has 0 bridgehead atoms. The number of rotatable bonds is 7. The molecular formula is C21H21NO4S. The van der Waals surface area contributed by atoms with E-state index < -0.39 is 5.97 Å². The van der Waals surface area contributed by atoms with Gasteiger partial charge in [0, 0.05) is 21.8 Å². The van der Waals surface area contributed by atoms with Crippen LogP contribution >= 0.6 is 11.3 Å². The molecule has 27 heavy (non-hydrogen) atoms.